The fourth-order valence-electron chi connectivity index (χ4n) is 4.03. The molecule has 3 N–H and O–H groups in total. The number of aromatic carboxylic acids is 1. The maximum atomic E-state index is 11.5. The summed E-state index contributed by atoms with van der Waals surface area (Å²) in [6, 6.07) is 9.97. The Balaban J connectivity index is 1.63. The highest BCUT2D eigenvalue weighted by atomic mass is 16.4. The third-order valence-electron chi connectivity index (χ3n) is 5.31. The van der Waals surface area contributed by atoms with Crippen molar-refractivity contribution >= 4 is 16.9 Å². The molecule has 28 heavy (non-hydrogen) atoms. The van der Waals surface area contributed by atoms with Gasteiger partial charge in [-0.15, -0.1) is 0 Å². The lowest BCUT2D eigenvalue weighted by molar-refractivity contribution is 0.0687. The van der Waals surface area contributed by atoms with Crippen LogP contribution in [0.4, 0.5) is 0 Å². The first-order valence-corrected chi connectivity index (χ1v) is 9.07. The van der Waals surface area contributed by atoms with Gasteiger partial charge in [-0.2, -0.15) is 5.10 Å². The number of imidazole rings is 1. The van der Waals surface area contributed by atoms with Crippen LogP contribution >= 0.6 is 0 Å². The van der Waals surface area contributed by atoms with E-state index in [1.54, 1.807) is 12.5 Å². The topological polar surface area (TPSA) is 111 Å². The fourth-order valence-corrected chi connectivity index (χ4v) is 4.03. The van der Waals surface area contributed by atoms with Gasteiger partial charge >= 0.3 is 5.97 Å². The molecule has 0 amide bonds. The smallest absolute Gasteiger partial charge is 0.354 e. The molecule has 1 atom stereocenters. The second kappa shape index (κ2) is 6.58. The van der Waals surface area contributed by atoms with Crippen molar-refractivity contribution in [2.24, 2.45) is 0 Å². The first-order valence-electron chi connectivity index (χ1n) is 9.07. The quantitative estimate of drug-likeness (QED) is 0.506. The summed E-state index contributed by atoms with van der Waals surface area (Å²) in [6.07, 6.45) is 5.96. The van der Waals surface area contributed by atoms with Gasteiger partial charge in [0.2, 0.25) is 0 Å². The minimum absolute atomic E-state index is 0.0977. The lowest BCUT2D eigenvalue weighted by Crippen LogP contribution is -2.36. The molecule has 0 bridgehead atoms. The number of aromatic nitrogens is 5. The predicted octanol–water partition coefficient (Wildman–Crippen LogP) is 2.53. The summed E-state index contributed by atoms with van der Waals surface area (Å²) in [5.41, 5.74) is 4.92. The van der Waals surface area contributed by atoms with E-state index in [-0.39, 0.29) is 11.7 Å². The summed E-state index contributed by atoms with van der Waals surface area (Å²) in [6.45, 7) is 1.24. The summed E-state index contributed by atoms with van der Waals surface area (Å²) < 4.78 is 0. The summed E-state index contributed by atoms with van der Waals surface area (Å²) in [5.74, 6) is -1.00. The minimum atomic E-state index is -1.00. The Morgan fingerprint density at radius 3 is 3.04 bits per heavy atom. The van der Waals surface area contributed by atoms with Crippen molar-refractivity contribution in [3.8, 4) is 0 Å². The van der Waals surface area contributed by atoms with Crippen molar-refractivity contribution in [1.29, 1.82) is 0 Å². The van der Waals surface area contributed by atoms with Crippen LogP contribution in [0.15, 0.2) is 49.1 Å². The summed E-state index contributed by atoms with van der Waals surface area (Å²) in [5, 5.41) is 17.0. The van der Waals surface area contributed by atoms with E-state index in [9.17, 15) is 9.90 Å². The number of H-pyrrole nitrogens is 2. The van der Waals surface area contributed by atoms with E-state index in [4.69, 9.17) is 0 Å². The van der Waals surface area contributed by atoms with Crippen LogP contribution in [0.1, 0.15) is 39.0 Å². The Labute approximate surface area is 160 Å². The van der Waals surface area contributed by atoms with E-state index in [1.165, 1.54) is 0 Å². The number of benzene rings is 1. The van der Waals surface area contributed by atoms with E-state index in [2.05, 4.69) is 36.1 Å². The predicted molar refractivity (Wildman–Crippen MR) is 102 cm³/mol. The number of hydrogen-bond acceptors (Lipinski definition) is 5. The number of aromatic amines is 2. The average Bonchev–Trinajstić information content (AvgIpc) is 3.37. The van der Waals surface area contributed by atoms with E-state index < -0.39 is 5.97 Å². The zero-order valence-electron chi connectivity index (χ0n) is 15.0. The molecule has 4 heterocycles. The standard InChI is InChI=1S/C20H18N6O2/c27-20(28)17-12(9-24-25-17)10-26-8-6-16-18(23-11-22-16)19(26)14-5-7-21-15-4-2-1-3-13(14)15/h1-5,7,9,11,19H,6,8,10H2,(H,22,23)(H,24,25)(H,27,28)/t19-/m0/s1. The first kappa shape index (κ1) is 16.6. The molecule has 0 spiro atoms. The highest BCUT2D eigenvalue weighted by molar-refractivity contribution is 5.87. The maximum Gasteiger partial charge on any atom is 0.354 e. The molecule has 140 valence electrons. The molecule has 0 radical (unpaired) electrons. The third kappa shape index (κ3) is 2.66. The highest BCUT2D eigenvalue weighted by Crippen LogP contribution is 2.37. The Morgan fingerprint density at radius 2 is 2.14 bits per heavy atom. The Kier molecular flexibility index (Phi) is 3.91. The van der Waals surface area contributed by atoms with Crippen molar-refractivity contribution in [2.75, 3.05) is 6.54 Å². The molecule has 1 aromatic carbocycles. The number of carboxylic acid groups (broad SMARTS) is 1. The van der Waals surface area contributed by atoms with Crippen molar-refractivity contribution < 1.29 is 9.90 Å². The Morgan fingerprint density at radius 1 is 1.25 bits per heavy atom. The Hall–Kier alpha value is -3.52. The molecule has 0 unspecified atom stereocenters. The summed E-state index contributed by atoms with van der Waals surface area (Å²) >= 11 is 0. The van der Waals surface area contributed by atoms with Crippen LogP contribution in [0.2, 0.25) is 0 Å². The van der Waals surface area contributed by atoms with Gasteiger partial charge in [0.05, 0.1) is 29.8 Å². The number of rotatable bonds is 4. The first-order chi connectivity index (χ1) is 13.7. The van der Waals surface area contributed by atoms with Crippen LogP contribution < -0.4 is 0 Å². The molecule has 0 saturated carbocycles. The molecule has 0 saturated heterocycles. The average molecular weight is 374 g/mol. The second-order valence-corrected chi connectivity index (χ2v) is 6.88. The number of nitrogens with one attached hydrogen (secondary N) is 2. The van der Waals surface area contributed by atoms with Crippen molar-refractivity contribution in [2.45, 2.75) is 19.0 Å². The van der Waals surface area contributed by atoms with Gasteiger partial charge < -0.3 is 10.1 Å². The van der Waals surface area contributed by atoms with Crippen LogP contribution in [0, 0.1) is 0 Å². The molecule has 8 nitrogen and oxygen atoms in total. The molecular weight excluding hydrogens is 356 g/mol. The lowest BCUT2D eigenvalue weighted by atomic mass is 9.93. The van der Waals surface area contributed by atoms with Gasteiger partial charge in [-0.1, -0.05) is 18.2 Å². The van der Waals surface area contributed by atoms with Crippen LogP contribution in [0.5, 0.6) is 0 Å². The van der Waals surface area contributed by atoms with Crippen LogP contribution in [0.25, 0.3) is 10.9 Å². The summed E-state index contributed by atoms with van der Waals surface area (Å²) in [7, 11) is 0. The van der Waals surface area contributed by atoms with Gasteiger partial charge in [0.1, 0.15) is 5.69 Å². The highest BCUT2D eigenvalue weighted by Gasteiger charge is 2.33. The molecule has 8 heteroatoms. The van der Waals surface area contributed by atoms with Crippen LogP contribution in [0.3, 0.4) is 0 Å². The third-order valence-corrected chi connectivity index (χ3v) is 5.31. The Bertz CT molecular complexity index is 1160. The normalized spacial score (nSPS) is 16.9. The number of hydrogen-bond donors (Lipinski definition) is 3. The monoisotopic (exact) mass is 374 g/mol. The van der Waals surface area contributed by atoms with Crippen molar-refractivity contribution in [1.82, 2.24) is 30.0 Å². The van der Waals surface area contributed by atoms with E-state index in [0.29, 0.717) is 12.1 Å². The van der Waals surface area contributed by atoms with Gasteiger partial charge in [-0.05, 0) is 17.7 Å². The number of pyridine rings is 1. The van der Waals surface area contributed by atoms with Crippen molar-refractivity contribution in [3.05, 3.63) is 77.3 Å². The zero-order valence-corrected chi connectivity index (χ0v) is 15.0. The maximum absolute atomic E-state index is 11.5. The van der Waals surface area contributed by atoms with E-state index in [1.807, 2.05) is 30.5 Å². The second-order valence-electron chi connectivity index (χ2n) is 6.88. The number of para-hydroxylation sites is 1. The van der Waals surface area contributed by atoms with Gasteiger partial charge in [0.15, 0.2) is 0 Å². The largest absolute Gasteiger partial charge is 0.477 e. The van der Waals surface area contributed by atoms with E-state index >= 15 is 0 Å². The molecule has 1 aliphatic rings. The summed E-state index contributed by atoms with van der Waals surface area (Å²) in [4.78, 5) is 26.1. The molecule has 4 aromatic rings. The molecule has 0 fully saturated rings. The van der Waals surface area contributed by atoms with Gasteiger partial charge in [-0.25, -0.2) is 9.78 Å². The number of nitrogens with zero attached hydrogens (tertiary/aromatic N) is 4. The van der Waals surface area contributed by atoms with Gasteiger partial charge in [-0.3, -0.25) is 15.0 Å². The van der Waals surface area contributed by atoms with Crippen LogP contribution in [-0.4, -0.2) is 47.7 Å². The van der Waals surface area contributed by atoms with Gasteiger partial charge in [0, 0.05) is 42.4 Å². The minimum Gasteiger partial charge on any atom is -0.477 e. The molecule has 3 aromatic heterocycles. The molecule has 0 aliphatic carbocycles. The molecule has 5 rings (SSSR count). The van der Waals surface area contributed by atoms with Crippen LogP contribution in [-0.2, 0) is 13.0 Å². The molecular formula is C20H18N6O2. The van der Waals surface area contributed by atoms with E-state index in [0.717, 1.165) is 40.8 Å². The lowest BCUT2D eigenvalue weighted by Gasteiger charge is -2.35. The van der Waals surface area contributed by atoms with Crippen molar-refractivity contribution in [3.63, 3.8) is 0 Å². The number of fused-ring (bicyclic) bond motifs is 2. The molecule has 1 aliphatic heterocycles. The SMILES string of the molecule is O=C(O)c1[nH]ncc1CN1CCc2[nH]cnc2[C@@H]1c1ccnc2ccccc12. The fraction of sp³-hybridized carbons (Fsp3) is 0.200. The number of carbonyl (C=O) groups is 1. The van der Waals surface area contributed by atoms with Gasteiger partial charge in [0.25, 0.3) is 0 Å². The number of carboxylic acids is 1. The zero-order chi connectivity index (χ0) is 19.1.